The highest BCUT2D eigenvalue weighted by Crippen LogP contribution is 2.36. The molecular weight excluding hydrogens is 269 g/mol. The van der Waals surface area contributed by atoms with Crippen LogP contribution in [0.25, 0.3) is 0 Å². The molecule has 2 atom stereocenters. The zero-order valence-corrected chi connectivity index (χ0v) is 12.1. The molecule has 21 heavy (non-hydrogen) atoms. The molecule has 0 bridgehead atoms. The number of ether oxygens (including phenoxy) is 2. The third-order valence-corrected chi connectivity index (χ3v) is 3.90. The summed E-state index contributed by atoms with van der Waals surface area (Å²) in [5, 5.41) is 0. The minimum atomic E-state index is -0.361. The van der Waals surface area contributed by atoms with E-state index in [1.807, 2.05) is 26.0 Å². The van der Waals surface area contributed by atoms with E-state index >= 15 is 0 Å². The number of rotatable bonds is 2. The Kier molecular flexibility index (Phi) is 3.55. The number of hydrogen-bond donors (Lipinski definition) is 1. The smallest absolute Gasteiger partial charge is 0.162 e. The Morgan fingerprint density at radius 3 is 2.38 bits per heavy atom. The Bertz CT molecular complexity index is 655. The van der Waals surface area contributed by atoms with Crippen molar-refractivity contribution in [3.8, 4) is 11.5 Å². The lowest BCUT2D eigenvalue weighted by atomic mass is 10.0. The Hall–Kier alpha value is -2.07. The largest absolute Gasteiger partial charge is 0.486 e. The number of fused-ring (bicyclic) bond motifs is 1. The lowest BCUT2D eigenvalue weighted by Crippen LogP contribution is -2.39. The second-order valence-corrected chi connectivity index (χ2v) is 5.43. The van der Waals surface area contributed by atoms with Crippen molar-refractivity contribution in [3.63, 3.8) is 0 Å². The molecule has 0 amide bonds. The van der Waals surface area contributed by atoms with Gasteiger partial charge in [0.1, 0.15) is 12.4 Å². The average Bonchev–Trinajstić information content (AvgIpc) is 2.48. The van der Waals surface area contributed by atoms with Gasteiger partial charge in [-0.3, -0.25) is 0 Å². The monoisotopic (exact) mass is 287 g/mol. The van der Waals surface area contributed by atoms with Gasteiger partial charge in [0.15, 0.2) is 17.6 Å². The van der Waals surface area contributed by atoms with Gasteiger partial charge in [0.2, 0.25) is 0 Å². The molecule has 2 unspecified atom stereocenters. The molecule has 110 valence electrons. The van der Waals surface area contributed by atoms with Gasteiger partial charge in [0.25, 0.3) is 0 Å². The summed E-state index contributed by atoms with van der Waals surface area (Å²) < 4.78 is 24.7. The van der Waals surface area contributed by atoms with Crippen molar-refractivity contribution in [3.05, 3.63) is 58.9 Å². The van der Waals surface area contributed by atoms with Crippen LogP contribution in [0.2, 0.25) is 0 Å². The van der Waals surface area contributed by atoms with E-state index in [1.165, 1.54) is 17.7 Å². The van der Waals surface area contributed by atoms with Gasteiger partial charge in [-0.05, 0) is 54.8 Å². The predicted molar refractivity (Wildman–Crippen MR) is 79.2 cm³/mol. The summed E-state index contributed by atoms with van der Waals surface area (Å²) in [6.45, 7) is 4.45. The van der Waals surface area contributed by atoms with E-state index in [0.29, 0.717) is 12.4 Å². The van der Waals surface area contributed by atoms with Crippen LogP contribution < -0.4 is 15.2 Å². The normalized spacial score (nSPS) is 18.4. The molecule has 0 spiro atoms. The lowest BCUT2D eigenvalue weighted by Gasteiger charge is -2.31. The zero-order valence-electron chi connectivity index (χ0n) is 12.1. The van der Waals surface area contributed by atoms with Gasteiger partial charge in [-0.2, -0.15) is 0 Å². The van der Waals surface area contributed by atoms with Gasteiger partial charge in [-0.1, -0.05) is 12.1 Å². The second-order valence-electron chi connectivity index (χ2n) is 5.43. The van der Waals surface area contributed by atoms with Crippen molar-refractivity contribution >= 4 is 0 Å². The van der Waals surface area contributed by atoms with Crippen molar-refractivity contribution in [2.75, 3.05) is 6.61 Å². The van der Waals surface area contributed by atoms with Gasteiger partial charge in [-0.25, -0.2) is 4.39 Å². The Morgan fingerprint density at radius 1 is 1.10 bits per heavy atom. The molecule has 2 aromatic carbocycles. The Labute approximate surface area is 123 Å². The lowest BCUT2D eigenvalue weighted by molar-refractivity contribution is 0.0719. The molecule has 1 aliphatic heterocycles. The molecule has 0 radical (unpaired) electrons. The summed E-state index contributed by atoms with van der Waals surface area (Å²) in [6.07, 6.45) is -0.287. The van der Waals surface area contributed by atoms with E-state index in [1.54, 1.807) is 12.1 Å². The third kappa shape index (κ3) is 2.72. The first-order chi connectivity index (χ1) is 10.0. The number of hydrogen-bond acceptors (Lipinski definition) is 3. The molecule has 4 heteroatoms. The second kappa shape index (κ2) is 5.37. The third-order valence-electron chi connectivity index (χ3n) is 3.90. The fraction of sp³-hybridized carbons (Fsp3) is 0.294. The number of nitrogens with two attached hydrogens (primary N) is 1. The van der Waals surface area contributed by atoms with Crippen LogP contribution >= 0.6 is 0 Å². The van der Waals surface area contributed by atoms with E-state index in [9.17, 15) is 4.39 Å². The van der Waals surface area contributed by atoms with Gasteiger partial charge in [0, 0.05) is 0 Å². The Balaban J connectivity index is 1.82. The van der Waals surface area contributed by atoms with Crippen molar-refractivity contribution in [2.24, 2.45) is 5.73 Å². The first kappa shape index (κ1) is 13.9. The highest BCUT2D eigenvalue weighted by Gasteiger charge is 2.28. The Morgan fingerprint density at radius 2 is 1.71 bits per heavy atom. The van der Waals surface area contributed by atoms with E-state index in [4.69, 9.17) is 15.2 Å². The first-order valence-electron chi connectivity index (χ1n) is 6.96. The minimum absolute atomic E-state index is 0.275. The van der Waals surface area contributed by atoms with Gasteiger partial charge >= 0.3 is 0 Å². The highest BCUT2D eigenvalue weighted by atomic mass is 19.1. The maximum Gasteiger partial charge on any atom is 0.162 e. The fourth-order valence-corrected chi connectivity index (χ4v) is 2.41. The van der Waals surface area contributed by atoms with Crippen LogP contribution in [0.1, 0.15) is 22.7 Å². The van der Waals surface area contributed by atoms with Crippen LogP contribution in [0, 0.1) is 19.7 Å². The summed E-state index contributed by atoms with van der Waals surface area (Å²) in [7, 11) is 0. The maximum absolute atomic E-state index is 13.0. The number of halogens is 1. The van der Waals surface area contributed by atoms with Crippen molar-refractivity contribution < 1.29 is 13.9 Å². The molecule has 3 nitrogen and oxygen atoms in total. The molecule has 0 saturated heterocycles. The van der Waals surface area contributed by atoms with Crippen LogP contribution in [0.4, 0.5) is 4.39 Å². The molecule has 2 aromatic rings. The van der Waals surface area contributed by atoms with Crippen LogP contribution in [-0.4, -0.2) is 12.7 Å². The molecule has 1 aliphatic rings. The summed E-state index contributed by atoms with van der Waals surface area (Å²) >= 11 is 0. The van der Waals surface area contributed by atoms with Crippen LogP contribution in [-0.2, 0) is 0 Å². The topological polar surface area (TPSA) is 44.5 Å². The van der Waals surface area contributed by atoms with E-state index in [2.05, 4.69) is 0 Å². The predicted octanol–water partition coefficient (Wildman–Crippen LogP) is 3.28. The molecule has 0 aliphatic carbocycles. The maximum atomic E-state index is 13.0. The first-order valence-corrected chi connectivity index (χ1v) is 6.96. The van der Waals surface area contributed by atoms with Crippen LogP contribution in [0.5, 0.6) is 11.5 Å². The number of benzene rings is 2. The summed E-state index contributed by atoms with van der Waals surface area (Å²) in [5.41, 5.74) is 9.36. The highest BCUT2D eigenvalue weighted by molar-refractivity contribution is 5.47. The molecule has 0 fully saturated rings. The summed E-state index contributed by atoms with van der Waals surface area (Å²) in [5.74, 6) is 1.19. The number of aryl methyl sites for hydroxylation is 2. The SMILES string of the molecule is Cc1cc2c(cc1C)OC(C(N)c1ccc(F)cc1)CO2. The molecular formula is C17H18FNO2. The van der Waals surface area contributed by atoms with E-state index in [0.717, 1.165) is 16.9 Å². The average molecular weight is 287 g/mol. The van der Waals surface area contributed by atoms with E-state index < -0.39 is 0 Å². The fourth-order valence-electron chi connectivity index (χ4n) is 2.41. The van der Waals surface area contributed by atoms with Crippen molar-refractivity contribution in [2.45, 2.75) is 26.0 Å². The van der Waals surface area contributed by atoms with Gasteiger partial charge < -0.3 is 15.2 Å². The molecule has 0 aromatic heterocycles. The minimum Gasteiger partial charge on any atom is -0.486 e. The molecule has 2 N–H and O–H groups in total. The zero-order chi connectivity index (χ0) is 15.0. The molecule has 3 rings (SSSR count). The molecule has 0 saturated carbocycles. The molecule has 1 heterocycles. The van der Waals surface area contributed by atoms with Crippen molar-refractivity contribution in [1.82, 2.24) is 0 Å². The summed E-state index contributed by atoms with van der Waals surface area (Å²) in [4.78, 5) is 0. The standard InChI is InChI=1S/C17H18FNO2/c1-10-7-14-15(8-11(10)2)21-16(9-20-14)17(19)12-3-5-13(18)6-4-12/h3-8,16-17H,9,19H2,1-2H3. The van der Waals surface area contributed by atoms with Crippen molar-refractivity contribution in [1.29, 1.82) is 0 Å². The van der Waals surface area contributed by atoms with E-state index in [-0.39, 0.29) is 18.0 Å². The van der Waals surface area contributed by atoms with Gasteiger partial charge in [-0.15, -0.1) is 0 Å². The van der Waals surface area contributed by atoms with Gasteiger partial charge in [0.05, 0.1) is 6.04 Å². The van der Waals surface area contributed by atoms with Crippen LogP contribution in [0.3, 0.4) is 0 Å². The quantitative estimate of drug-likeness (QED) is 0.922. The summed E-state index contributed by atoms with van der Waals surface area (Å²) in [6, 6.07) is 9.75. The van der Waals surface area contributed by atoms with Crippen LogP contribution in [0.15, 0.2) is 36.4 Å².